The lowest BCUT2D eigenvalue weighted by Crippen LogP contribution is -2.26. The quantitative estimate of drug-likeness (QED) is 0.629. The Morgan fingerprint density at radius 1 is 1.00 bits per heavy atom. The Balaban J connectivity index is 2.32. The molecule has 0 aliphatic carbocycles. The van der Waals surface area contributed by atoms with Crippen molar-refractivity contribution in [3.05, 3.63) is 23.3 Å². The number of hydrogen-bond acceptors (Lipinski definition) is 5. The highest BCUT2D eigenvalue weighted by Crippen LogP contribution is 2.36. The number of aryl methyl sites for hydroxylation is 1. The molecule has 8 nitrogen and oxygen atoms in total. The number of carboxylic acid groups (broad SMARTS) is 3. The Kier molecular flexibility index (Phi) is 4.50. The van der Waals surface area contributed by atoms with Crippen molar-refractivity contribution < 1.29 is 39.2 Å². The van der Waals surface area contributed by atoms with Crippen LogP contribution >= 0.6 is 0 Å². The van der Waals surface area contributed by atoms with Gasteiger partial charge in [0.15, 0.2) is 17.4 Å². The van der Waals surface area contributed by atoms with E-state index in [1.165, 1.54) is 6.07 Å². The van der Waals surface area contributed by atoms with E-state index < -0.39 is 23.8 Å². The number of fused-ring (bicyclic) bond motifs is 1. The molecule has 0 aromatic heterocycles. The standard InChI is InChI=1S/C14H14O8/c15-12(16)2-1-7-4-10-11(22-6-21-10)5-8(7)3-9(13(17)18)14(19)20/h4-5,9H,1-3,6H2,(H,15,16)(H,17,18)(H,19,20). The predicted octanol–water partition coefficient (Wildman–Crippen LogP) is 0.760. The van der Waals surface area contributed by atoms with Crippen LogP contribution in [0.4, 0.5) is 0 Å². The monoisotopic (exact) mass is 310 g/mol. The molecule has 0 bridgehead atoms. The maximum atomic E-state index is 11.0. The number of benzene rings is 1. The van der Waals surface area contributed by atoms with Gasteiger partial charge in [-0.3, -0.25) is 14.4 Å². The Labute approximate surface area is 124 Å². The van der Waals surface area contributed by atoms with Crippen LogP contribution in [0, 0.1) is 5.92 Å². The summed E-state index contributed by atoms with van der Waals surface area (Å²) in [5.41, 5.74) is 0.972. The molecule has 2 rings (SSSR count). The van der Waals surface area contributed by atoms with Crippen LogP contribution in [0.2, 0.25) is 0 Å². The van der Waals surface area contributed by atoms with Gasteiger partial charge >= 0.3 is 17.9 Å². The first-order valence-electron chi connectivity index (χ1n) is 6.47. The summed E-state index contributed by atoms with van der Waals surface area (Å²) in [6.07, 6.45) is -0.263. The van der Waals surface area contributed by atoms with Gasteiger partial charge in [0.2, 0.25) is 6.79 Å². The summed E-state index contributed by atoms with van der Waals surface area (Å²) in [7, 11) is 0. The first kappa shape index (κ1) is 15.6. The Morgan fingerprint density at radius 3 is 2.05 bits per heavy atom. The van der Waals surface area contributed by atoms with Crippen molar-refractivity contribution in [1.29, 1.82) is 0 Å². The average Bonchev–Trinajstić information content (AvgIpc) is 2.88. The summed E-state index contributed by atoms with van der Waals surface area (Å²) < 4.78 is 10.4. The molecule has 118 valence electrons. The van der Waals surface area contributed by atoms with Gasteiger partial charge in [-0.1, -0.05) is 0 Å². The van der Waals surface area contributed by atoms with Gasteiger partial charge in [0, 0.05) is 6.42 Å². The number of carbonyl (C=O) groups is 3. The van der Waals surface area contributed by atoms with Crippen LogP contribution in [0.5, 0.6) is 11.5 Å². The molecule has 0 radical (unpaired) electrons. The van der Waals surface area contributed by atoms with Crippen molar-refractivity contribution in [2.45, 2.75) is 19.3 Å². The molecule has 8 heteroatoms. The fraction of sp³-hybridized carbons (Fsp3) is 0.357. The number of rotatable bonds is 7. The molecule has 1 aromatic carbocycles. The zero-order valence-electron chi connectivity index (χ0n) is 11.4. The van der Waals surface area contributed by atoms with Crippen molar-refractivity contribution in [3.8, 4) is 11.5 Å². The number of aliphatic carboxylic acids is 3. The normalized spacial score (nSPS) is 12.4. The van der Waals surface area contributed by atoms with Crippen LogP contribution in [-0.4, -0.2) is 40.0 Å². The fourth-order valence-corrected chi connectivity index (χ4v) is 2.19. The van der Waals surface area contributed by atoms with E-state index in [4.69, 9.17) is 24.8 Å². The van der Waals surface area contributed by atoms with Crippen LogP contribution in [0.25, 0.3) is 0 Å². The zero-order valence-corrected chi connectivity index (χ0v) is 11.4. The molecule has 0 spiro atoms. The second-order valence-corrected chi connectivity index (χ2v) is 4.80. The molecule has 0 fully saturated rings. The van der Waals surface area contributed by atoms with Crippen LogP contribution in [-0.2, 0) is 27.2 Å². The molecule has 1 aliphatic heterocycles. The highest BCUT2D eigenvalue weighted by Gasteiger charge is 2.28. The minimum Gasteiger partial charge on any atom is -0.481 e. The summed E-state index contributed by atoms with van der Waals surface area (Å²) in [6.45, 7) is 0.0123. The third-order valence-corrected chi connectivity index (χ3v) is 3.32. The van der Waals surface area contributed by atoms with E-state index in [1.54, 1.807) is 6.07 Å². The zero-order chi connectivity index (χ0) is 16.3. The van der Waals surface area contributed by atoms with E-state index in [2.05, 4.69) is 0 Å². The van der Waals surface area contributed by atoms with E-state index in [9.17, 15) is 14.4 Å². The van der Waals surface area contributed by atoms with Gasteiger partial charge in [-0.2, -0.15) is 0 Å². The SMILES string of the molecule is O=C(O)CCc1cc2c(cc1CC(C(=O)O)C(=O)O)OCO2. The highest BCUT2D eigenvalue weighted by molar-refractivity contribution is 5.93. The molecular weight excluding hydrogens is 296 g/mol. The van der Waals surface area contributed by atoms with Crippen LogP contribution in [0.1, 0.15) is 17.5 Å². The topological polar surface area (TPSA) is 130 Å². The van der Waals surface area contributed by atoms with Gasteiger partial charge in [0.25, 0.3) is 0 Å². The first-order chi connectivity index (χ1) is 10.4. The predicted molar refractivity (Wildman–Crippen MR) is 71.0 cm³/mol. The Morgan fingerprint density at radius 2 is 1.55 bits per heavy atom. The lowest BCUT2D eigenvalue weighted by atomic mass is 9.93. The third-order valence-electron chi connectivity index (χ3n) is 3.32. The molecule has 3 N–H and O–H groups in total. The van der Waals surface area contributed by atoms with Crippen molar-refractivity contribution in [2.24, 2.45) is 5.92 Å². The summed E-state index contributed by atoms with van der Waals surface area (Å²) >= 11 is 0. The van der Waals surface area contributed by atoms with Crippen molar-refractivity contribution in [1.82, 2.24) is 0 Å². The lowest BCUT2D eigenvalue weighted by molar-refractivity contribution is -0.154. The second-order valence-electron chi connectivity index (χ2n) is 4.80. The number of hydrogen-bond donors (Lipinski definition) is 3. The molecule has 0 atom stereocenters. The molecule has 1 aliphatic rings. The molecule has 0 amide bonds. The van der Waals surface area contributed by atoms with E-state index in [0.29, 0.717) is 22.6 Å². The van der Waals surface area contributed by atoms with Gasteiger partial charge in [-0.05, 0) is 36.1 Å². The minimum atomic E-state index is -1.61. The van der Waals surface area contributed by atoms with Crippen LogP contribution < -0.4 is 9.47 Å². The molecule has 0 unspecified atom stereocenters. The fourth-order valence-electron chi connectivity index (χ4n) is 2.19. The van der Waals surface area contributed by atoms with Crippen molar-refractivity contribution in [2.75, 3.05) is 6.79 Å². The molecule has 1 heterocycles. The van der Waals surface area contributed by atoms with E-state index >= 15 is 0 Å². The third kappa shape index (κ3) is 3.46. The van der Waals surface area contributed by atoms with Crippen LogP contribution in [0.3, 0.4) is 0 Å². The van der Waals surface area contributed by atoms with Crippen LogP contribution in [0.15, 0.2) is 12.1 Å². The van der Waals surface area contributed by atoms with Crippen molar-refractivity contribution in [3.63, 3.8) is 0 Å². The summed E-state index contributed by atoms with van der Waals surface area (Å²) in [5, 5.41) is 26.7. The average molecular weight is 310 g/mol. The highest BCUT2D eigenvalue weighted by atomic mass is 16.7. The largest absolute Gasteiger partial charge is 0.481 e. The van der Waals surface area contributed by atoms with Gasteiger partial charge in [-0.25, -0.2) is 0 Å². The minimum absolute atomic E-state index is 0.0123. The summed E-state index contributed by atoms with van der Waals surface area (Å²) in [5.74, 6) is -4.68. The van der Waals surface area contributed by atoms with Gasteiger partial charge in [0.05, 0.1) is 0 Å². The number of carboxylic acids is 3. The van der Waals surface area contributed by atoms with Gasteiger partial charge < -0.3 is 24.8 Å². The van der Waals surface area contributed by atoms with Crippen molar-refractivity contribution >= 4 is 17.9 Å². The smallest absolute Gasteiger partial charge is 0.318 e. The Hall–Kier alpha value is -2.77. The second kappa shape index (κ2) is 6.33. The lowest BCUT2D eigenvalue weighted by Gasteiger charge is -2.13. The van der Waals surface area contributed by atoms with E-state index in [-0.39, 0.29) is 26.1 Å². The molecular formula is C14H14O8. The maximum absolute atomic E-state index is 11.0. The first-order valence-corrected chi connectivity index (χ1v) is 6.47. The van der Waals surface area contributed by atoms with E-state index in [0.717, 1.165) is 0 Å². The summed E-state index contributed by atoms with van der Waals surface area (Å²) in [4.78, 5) is 32.8. The molecule has 1 aromatic rings. The van der Waals surface area contributed by atoms with E-state index in [1.807, 2.05) is 0 Å². The molecule has 22 heavy (non-hydrogen) atoms. The summed E-state index contributed by atoms with van der Waals surface area (Å²) in [6, 6.07) is 3.08. The molecule has 0 saturated heterocycles. The van der Waals surface area contributed by atoms with Gasteiger partial charge in [0.1, 0.15) is 0 Å². The molecule has 0 saturated carbocycles. The maximum Gasteiger partial charge on any atom is 0.318 e. The number of ether oxygens (including phenoxy) is 2. The van der Waals surface area contributed by atoms with Gasteiger partial charge in [-0.15, -0.1) is 0 Å². The Bertz CT molecular complexity index is 608.